The van der Waals surface area contributed by atoms with E-state index in [-0.39, 0.29) is 0 Å². The van der Waals surface area contributed by atoms with Gasteiger partial charge in [0.05, 0.1) is 0 Å². The topological polar surface area (TPSA) is 78.4 Å². The van der Waals surface area contributed by atoms with Crippen LogP contribution in [0, 0.1) is 0 Å². The molecule has 0 fully saturated rings. The fourth-order valence-corrected chi connectivity index (χ4v) is 1.71. The van der Waals surface area contributed by atoms with Gasteiger partial charge in [0.15, 0.2) is 0 Å². The highest BCUT2D eigenvalue weighted by Crippen LogP contribution is 2.20. The Hall–Kier alpha value is -2.82. The van der Waals surface area contributed by atoms with Crippen LogP contribution in [0.4, 0.5) is 10.5 Å². The molecule has 0 bridgehead atoms. The number of nitrogens with one attached hydrogen (secondary N) is 2. The van der Waals surface area contributed by atoms with Crippen molar-refractivity contribution in [3.63, 3.8) is 0 Å². The molecule has 3 N–H and O–H groups in total. The van der Waals surface area contributed by atoms with Gasteiger partial charge in [-0.05, 0) is 23.3 Å². The van der Waals surface area contributed by atoms with E-state index in [2.05, 4.69) is 10.6 Å². The second-order valence-corrected chi connectivity index (χ2v) is 4.14. The number of aliphatic carboxylic acids is 1. The maximum absolute atomic E-state index is 11.4. The first-order valence-corrected chi connectivity index (χ1v) is 6.07. The van der Waals surface area contributed by atoms with Crippen LogP contribution >= 0.6 is 0 Å². The molecule has 0 unspecified atom stereocenters. The number of carboxylic acid groups (broad SMARTS) is 1. The molecule has 5 heteroatoms. The van der Waals surface area contributed by atoms with Gasteiger partial charge in [0, 0.05) is 5.69 Å². The van der Waals surface area contributed by atoms with Gasteiger partial charge in [-0.25, -0.2) is 4.79 Å². The van der Waals surface area contributed by atoms with E-state index in [1.165, 1.54) is 0 Å². The highest BCUT2D eigenvalue weighted by Gasteiger charge is 2.04. The Bertz CT molecular complexity index is 594. The molecule has 0 saturated heterocycles. The third-order valence-corrected chi connectivity index (χ3v) is 2.65. The van der Waals surface area contributed by atoms with Crippen LogP contribution in [0.15, 0.2) is 54.6 Å². The average molecular weight is 270 g/mol. The van der Waals surface area contributed by atoms with Gasteiger partial charge in [-0.1, -0.05) is 42.5 Å². The van der Waals surface area contributed by atoms with Crippen molar-refractivity contribution in [2.24, 2.45) is 0 Å². The van der Waals surface area contributed by atoms with Crippen LogP contribution in [-0.4, -0.2) is 23.7 Å². The van der Waals surface area contributed by atoms with E-state index in [1.807, 2.05) is 42.5 Å². The number of carbonyl (C=O) groups is 2. The minimum absolute atomic E-state index is 0.409. The Morgan fingerprint density at radius 3 is 2.10 bits per heavy atom. The molecule has 0 spiro atoms. The first-order chi connectivity index (χ1) is 9.65. The number of anilines is 1. The highest BCUT2D eigenvalue weighted by molar-refractivity contribution is 5.91. The summed E-state index contributed by atoms with van der Waals surface area (Å²) in [5.74, 6) is -1.08. The van der Waals surface area contributed by atoms with Crippen molar-refractivity contribution >= 4 is 17.7 Å². The SMILES string of the molecule is O=C(O)CNC(=O)Nc1ccc(-c2ccccc2)cc1. The van der Waals surface area contributed by atoms with Gasteiger partial charge in [0.25, 0.3) is 0 Å². The van der Waals surface area contributed by atoms with Crippen molar-refractivity contribution in [3.05, 3.63) is 54.6 Å². The minimum atomic E-state index is -1.08. The van der Waals surface area contributed by atoms with Crippen molar-refractivity contribution in [1.82, 2.24) is 5.32 Å². The van der Waals surface area contributed by atoms with Gasteiger partial charge >= 0.3 is 12.0 Å². The highest BCUT2D eigenvalue weighted by atomic mass is 16.4. The standard InChI is InChI=1S/C15H14N2O3/c18-14(19)10-16-15(20)17-13-8-6-12(7-9-13)11-4-2-1-3-5-11/h1-9H,10H2,(H,18,19)(H2,16,17,20). The molecule has 0 atom stereocenters. The molecule has 5 nitrogen and oxygen atoms in total. The third kappa shape index (κ3) is 3.84. The molecule has 0 saturated carbocycles. The van der Waals surface area contributed by atoms with E-state index in [0.717, 1.165) is 11.1 Å². The van der Waals surface area contributed by atoms with Crippen molar-refractivity contribution in [1.29, 1.82) is 0 Å². The smallest absolute Gasteiger partial charge is 0.323 e. The predicted octanol–water partition coefficient (Wildman–Crippen LogP) is 2.56. The average Bonchev–Trinajstić information content (AvgIpc) is 2.47. The molecule has 0 aliphatic rings. The van der Waals surface area contributed by atoms with Crippen LogP contribution in [-0.2, 0) is 4.79 Å². The van der Waals surface area contributed by atoms with Crippen LogP contribution in [0.25, 0.3) is 11.1 Å². The monoisotopic (exact) mass is 270 g/mol. The summed E-state index contributed by atoms with van der Waals surface area (Å²) in [5.41, 5.74) is 2.74. The summed E-state index contributed by atoms with van der Waals surface area (Å²) in [6.07, 6.45) is 0. The molecule has 0 radical (unpaired) electrons. The molecule has 2 aromatic rings. The number of urea groups is 1. The number of rotatable bonds is 4. The van der Waals surface area contributed by atoms with Crippen LogP contribution in [0.5, 0.6) is 0 Å². The van der Waals surface area contributed by atoms with Gasteiger partial charge in [-0.2, -0.15) is 0 Å². The number of hydrogen-bond acceptors (Lipinski definition) is 2. The molecular weight excluding hydrogens is 256 g/mol. The van der Waals surface area contributed by atoms with Gasteiger partial charge in [-0.3, -0.25) is 4.79 Å². The zero-order valence-corrected chi connectivity index (χ0v) is 10.7. The summed E-state index contributed by atoms with van der Waals surface area (Å²) in [6, 6.07) is 16.6. The molecule has 2 aromatic carbocycles. The second kappa shape index (κ2) is 6.38. The Kier molecular flexibility index (Phi) is 4.34. The van der Waals surface area contributed by atoms with Crippen LogP contribution in [0.1, 0.15) is 0 Å². The van der Waals surface area contributed by atoms with E-state index in [0.29, 0.717) is 5.69 Å². The van der Waals surface area contributed by atoms with Crippen LogP contribution in [0.2, 0.25) is 0 Å². The van der Waals surface area contributed by atoms with Crippen molar-refractivity contribution in [3.8, 4) is 11.1 Å². The summed E-state index contributed by atoms with van der Waals surface area (Å²) in [7, 11) is 0. The fourth-order valence-electron chi connectivity index (χ4n) is 1.71. The number of hydrogen-bond donors (Lipinski definition) is 3. The van der Waals surface area contributed by atoms with Crippen molar-refractivity contribution in [2.75, 3.05) is 11.9 Å². The molecule has 2 amide bonds. The summed E-state index contributed by atoms with van der Waals surface area (Å²) in [4.78, 5) is 21.7. The fraction of sp³-hybridized carbons (Fsp3) is 0.0667. The van der Waals surface area contributed by atoms with E-state index in [4.69, 9.17) is 5.11 Å². The molecule has 0 aliphatic carbocycles. The summed E-state index contributed by atoms with van der Waals surface area (Å²) < 4.78 is 0. The summed E-state index contributed by atoms with van der Waals surface area (Å²) in [5, 5.41) is 13.2. The lowest BCUT2D eigenvalue weighted by Crippen LogP contribution is -2.33. The van der Waals surface area contributed by atoms with E-state index in [1.54, 1.807) is 12.1 Å². The molecule has 2 rings (SSSR count). The van der Waals surface area contributed by atoms with Gasteiger partial charge in [0.2, 0.25) is 0 Å². The predicted molar refractivity (Wildman–Crippen MR) is 76.5 cm³/mol. The maximum atomic E-state index is 11.4. The zero-order chi connectivity index (χ0) is 14.4. The maximum Gasteiger partial charge on any atom is 0.323 e. The van der Waals surface area contributed by atoms with E-state index >= 15 is 0 Å². The Labute approximate surface area is 116 Å². The molecule has 20 heavy (non-hydrogen) atoms. The van der Waals surface area contributed by atoms with Crippen LogP contribution < -0.4 is 10.6 Å². The number of benzene rings is 2. The lowest BCUT2D eigenvalue weighted by atomic mass is 10.1. The lowest BCUT2D eigenvalue weighted by molar-refractivity contribution is -0.135. The van der Waals surface area contributed by atoms with E-state index in [9.17, 15) is 9.59 Å². The first-order valence-electron chi connectivity index (χ1n) is 6.07. The third-order valence-electron chi connectivity index (χ3n) is 2.65. The van der Waals surface area contributed by atoms with Crippen molar-refractivity contribution < 1.29 is 14.7 Å². The minimum Gasteiger partial charge on any atom is -0.480 e. The van der Waals surface area contributed by atoms with Gasteiger partial charge in [0.1, 0.15) is 6.54 Å². The number of amides is 2. The summed E-state index contributed by atoms with van der Waals surface area (Å²) in [6.45, 7) is -0.409. The molecular formula is C15H14N2O3. The van der Waals surface area contributed by atoms with Gasteiger partial charge < -0.3 is 15.7 Å². The zero-order valence-electron chi connectivity index (χ0n) is 10.7. The molecule has 0 heterocycles. The molecule has 0 aliphatic heterocycles. The first kappa shape index (κ1) is 13.6. The summed E-state index contributed by atoms with van der Waals surface area (Å²) >= 11 is 0. The number of carboxylic acids is 1. The lowest BCUT2D eigenvalue weighted by Gasteiger charge is -2.07. The van der Waals surface area contributed by atoms with Crippen molar-refractivity contribution in [2.45, 2.75) is 0 Å². The Morgan fingerprint density at radius 2 is 1.50 bits per heavy atom. The van der Waals surface area contributed by atoms with Gasteiger partial charge in [-0.15, -0.1) is 0 Å². The molecule has 102 valence electrons. The normalized spacial score (nSPS) is 9.80. The Balaban J connectivity index is 1.98. The Morgan fingerprint density at radius 1 is 0.900 bits per heavy atom. The quantitative estimate of drug-likeness (QED) is 0.799. The number of carbonyl (C=O) groups excluding carboxylic acids is 1. The van der Waals surface area contributed by atoms with E-state index < -0.39 is 18.5 Å². The largest absolute Gasteiger partial charge is 0.480 e. The van der Waals surface area contributed by atoms with Crippen LogP contribution in [0.3, 0.4) is 0 Å². The molecule has 0 aromatic heterocycles. The second-order valence-electron chi connectivity index (χ2n) is 4.14.